The van der Waals surface area contributed by atoms with Crippen LogP contribution in [0.5, 0.6) is 0 Å². The predicted molar refractivity (Wildman–Crippen MR) is 62.0 cm³/mol. The van der Waals surface area contributed by atoms with Gasteiger partial charge in [-0.05, 0) is 24.2 Å². The Labute approximate surface area is 99.8 Å². The zero-order chi connectivity index (χ0) is 10.7. The second-order valence-corrected chi connectivity index (χ2v) is 6.33. The van der Waals surface area contributed by atoms with Gasteiger partial charge in [0, 0.05) is 17.2 Å². The summed E-state index contributed by atoms with van der Waals surface area (Å²) in [5.74, 6) is 0.512. The number of alkyl halides is 1. The minimum Gasteiger partial charge on any atom is -0.347 e. The molecule has 3 heteroatoms. The second kappa shape index (κ2) is 2.99. The van der Waals surface area contributed by atoms with Crippen LogP contribution in [0, 0.1) is 16.7 Å². The van der Waals surface area contributed by atoms with E-state index in [1.54, 1.807) is 0 Å². The van der Waals surface area contributed by atoms with Crippen molar-refractivity contribution in [2.45, 2.75) is 38.9 Å². The zero-order valence-corrected chi connectivity index (χ0v) is 11.1. The molecule has 1 saturated heterocycles. The van der Waals surface area contributed by atoms with E-state index in [2.05, 4.69) is 29.8 Å². The highest BCUT2D eigenvalue weighted by Gasteiger charge is 2.72. The first-order valence-electron chi connectivity index (χ1n) is 5.92. The number of hydrogen-bond donors (Lipinski definition) is 0. The summed E-state index contributed by atoms with van der Waals surface area (Å²) < 4.78 is 12.0. The van der Waals surface area contributed by atoms with Crippen molar-refractivity contribution in [3.05, 3.63) is 0 Å². The van der Waals surface area contributed by atoms with Gasteiger partial charge in [0.05, 0.1) is 13.2 Å². The molecule has 2 bridgehead atoms. The molecule has 3 rings (SSSR count). The molecule has 0 radical (unpaired) electrons. The summed E-state index contributed by atoms with van der Waals surface area (Å²) >= 11 is 3.71. The van der Waals surface area contributed by atoms with Gasteiger partial charge >= 0.3 is 0 Å². The van der Waals surface area contributed by atoms with Crippen LogP contribution in [0.1, 0.15) is 33.1 Å². The summed E-state index contributed by atoms with van der Waals surface area (Å²) in [6.07, 6.45) is 3.69. The van der Waals surface area contributed by atoms with Crippen molar-refractivity contribution in [1.82, 2.24) is 0 Å². The largest absolute Gasteiger partial charge is 0.347 e. The van der Waals surface area contributed by atoms with Gasteiger partial charge in [-0.2, -0.15) is 0 Å². The summed E-state index contributed by atoms with van der Waals surface area (Å²) in [5, 5.41) is 1.07. The van der Waals surface area contributed by atoms with E-state index >= 15 is 0 Å². The van der Waals surface area contributed by atoms with Gasteiger partial charge in [0.25, 0.3) is 0 Å². The molecule has 3 aliphatic rings. The van der Waals surface area contributed by atoms with Gasteiger partial charge in [-0.15, -0.1) is 0 Å². The SMILES string of the molecule is C[C@]12CC[C@H](CC13OCCO3)[C@@]2(C)CBr. The molecule has 0 aromatic carbocycles. The Bertz CT molecular complexity index is 287. The van der Waals surface area contributed by atoms with E-state index in [9.17, 15) is 0 Å². The standard InChI is InChI=1S/C12H19BrO2/c1-10(8-13)9-3-4-11(10,2)12(7-9)14-5-6-15-12/h9H,3-8H2,1-2H3/t9-,10-,11-/m1/s1. The van der Waals surface area contributed by atoms with E-state index in [1.807, 2.05) is 0 Å². The Morgan fingerprint density at radius 3 is 2.47 bits per heavy atom. The van der Waals surface area contributed by atoms with Gasteiger partial charge in [-0.3, -0.25) is 0 Å². The highest BCUT2D eigenvalue weighted by atomic mass is 79.9. The highest BCUT2D eigenvalue weighted by molar-refractivity contribution is 9.09. The first-order valence-corrected chi connectivity index (χ1v) is 7.04. The zero-order valence-electron chi connectivity index (χ0n) is 9.51. The fraction of sp³-hybridized carbons (Fsp3) is 1.00. The molecule has 86 valence electrons. The van der Waals surface area contributed by atoms with Gasteiger partial charge in [0.1, 0.15) is 0 Å². The molecule has 2 aliphatic carbocycles. The van der Waals surface area contributed by atoms with Crippen LogP contribution < -0.4 is 0 Å². The first kappa shape index (κ1) is 10.5. The maximum atomic E-state index is 5.99. The molecule has 0 aromatic heterocycles. The van der Waals surface area contributed by atoms with E-state index < -0.39 is 0 Å². The molecule has 3 fully saturated rings. The Hall–Kier alpha value is 0.400. The van der Waals surface area contributed by atoms with Crippen LogP contribution in [-0.4, -0.2) is 24.3 Å². The van der Waals surface area contributed by atoms with Crippen molar-refractivity contribution in [2.24, 2.45) is 16.7 Å². The molecule has 0 N–H and O–H groups in total. The number of halogens is 1. The fourth-order valence-electron chi connectivity index (χ4n) is 4.17. The average Bonchev–Trinajstić information content (AvgIpc) is 2.83. The summed E-state index contributed by atoms with van der Waals surface area (Å²) in [5.41, 5.74) is 0.544. The summed E-state index contributed by atoms with van der Waals surface area (Å²) in [4.78, 5) is 0. The van der Waals surface area contributed by atoms with Crippen molar-refractivity contribution in [1.29, 1.82) is 0 Å². The van der Waals surface area contributed by atoms with Gasteiger partial charge in [0.2, 0.25) is 0 Å². The monoisotopic (exact) mass is 274 g/mol. The number of fused-ring (bicyclic) bond motifs is 3. The lowest BCUT2D eigenvalue weighted by Gasteiger charge is -2.45. The quantitative estimate of drug-likeness (QED) is 0.685. The van der Waals surface area contributed by atoms with Gasteiger partial charge in [-0.1, -0.05) is 29.8 Å². The van der Waals surface area contributed by atoms with Crippen molar-refractivity contribution < 1.29 is 9.47 Å². The number of rotatable bonds is 1. The maximum Gasteiger partial charge on any atom is 0.174 e. The summed E-state index contributed by atoms with van der Waals surface area (Å²) in [7, 11) is 0. The van der Waals surface area contributed by atoms with Crippen LogP contribution in [0.4, 0.5) is 0 Å². The predicted octanol–water partition coefficient (Wildman–Crippen LogP) is 2.95. The number of ether oxygens (including phenoxy) is 2. The summed E-state index contributed by atoms with van der Waals surface area (Å²) in [6.45, 7) is 6.33. The molecule has 1 aliphatic heterocycles. The van der Waals surface area contributed by atoms with Crippen molar-refractivity contribution in [3.63, 3.8) is 0 Å². The minimum atomic E-state index is -0.252. The van der Waals surface area contributed by atoms with E-state index in [1.165, 1.54) is 12.8 Å². The molecule has 1 spiro atoms. The summed E-state index contributed by atoms with van der Waals surface area (Å²) in [6, 6.07) is 0. The smallest absolute Gasteiger partial charge is 0.174 e. The lowest BCUT2D eigenvalue weighted by Crippen LogP contribution is -2.49. The highest BCUT2D eigenvalue weighted by Crippen LogP contribution is 2.72. The molecule has 2 saturated carbocycles. The van der Waals surface area contributed by atoms with Crippen LogP contribution in [0.15, 0.2) is 0 Å². The van der Waals surface area contributed by atoms with Crippen LogP contribution in [0.2, 0.25) is 0 Å². The maximum absolute atomic E-state index is 5.99. The van der Waals surface area contributed by atoms with E-state index in [0.29, 0.717) is 5.41 Å². The molecule has 2 nitrogen and oxygen atoms in total. The second-order valence-electron chi connectivity index (χ2n) is 5.77. The van der Waals surface area contributed by atoms with E-state index in [0.717, 1.165) is 30.9 Å². The molecule has 3 atom stereocenters. The van der Waals surface area contributed by atoms with E-state index in [-0.39, 0.29) is 11.2 Å². The Morgan fingerprint density at radius 1 is 1.27 bits per heavy atom. The number of hydrogen-bond acceptors (Lipinski definition) is 2. The van der Waals surface area contributed by atoms with Crippen molar-refractivity contribution in [2.75, 3.05) is 18.5 Å². The molecule has 0 amide bonds. The van der Waals surface area contributed by atoms with Crippen LogP contribution in [-0.2, 0) is 9.47 Å². The Balaban J connectivity index is 2.05. The molecule has 0 unspecified atom stereocenters. The van der Waals surface area contributed by atoms with Crippen LogP contribution in [0.25, 0.3) is 0 Å². The van der Waals surface area contributed by atoms with Crippen molar-refractivity contribution in [3.8, 4) is 0 Å². The molecule has 0 aromatic rings. The van der Waals surface area contributed by atoms with Crippen molar-refractivity contribution >= 4 is 15.9 Å². The normalized spacial score (nSPS) is 51.8. The Morgan fingerprint density at radius 2 is 1.93 bits per heavy atom. The fourth-order valence-corrected chi connectivity index (χ4v) is 5.24. The van der Waals surface area contributed by atoms with Gasteiger partial charge in [0.15, 0.2) is 5.79 Å². The molecule has 15 heavy (non-hydrogen) atoms. The third-order valence-corrected chi connectivity index (χ3v) is 6.71. The third-order valence-electron chi connectivity index (χ3n) is 5.54. The van der Waals surface area contributed by atoms with Crippen LogP contribution in [0.3, 0.4) is 0 Å². The lowest BCUT2D eigenvalue weighted by molar-refractivity contribution is -0.236. The topological polar surface area (TPSA) is 18.5 Å². The van der Waals surface area contributed by atoms with Crippen LogP contribution >= 0.6 is 15.9 Å². The Kier molecular flexibility index (Phi) is 2.10. The van der Waals surface area contributed by atoms with E-state index in [4.69, 9.17) is 9.47 Å². The average molecular weight is 275 g/mol. The third kappa shape index (κ3) is 0.985. The minimum absolute atomic E-state index is 0.199. The van der Waals surface area contributed by atoms with Gasteiger partial charge < -0.3 is 9.47 Å². The molecular weight excluding hydrogens is 256 g/mol. The molecule has 1 heterocycles. The first-order chi connectivity index (χ1) is 7.08. The van der Waals surface area contributed by atoms with Gasteiger partial charge in [-0.25, -0.2) is 0 Å². The molecular formula is C12H19BrO2. The lowest BCUT2D eigenvalue weighted by atomic mass is 9.68.